The molecular formula is C12H12Cl2FNO3S. The quantitative estimate of drug-likeness (QED) is 0.680. The minimum absolute atomic E-state index is 0.0850. The molecule has 0 aromatic heterocycles. The molecule has 1 fully saturated rings. The van der Waals surface area contributed by atoms with Crippen LogP contribution >= 0.6 is 23.2 Å². The highest BCUT2D eigenvalue weighted by Gasteiger charge is 2.67. The molecule has 1 unspecified atom stereocenters. The van der Waals surface area contributed by atoms with Crippen LogP contribution in [0.1, 0.15) is 13.3 Å². The number of carbonyl (C=O) groups excluding carboxylic acids is 1. The van der Waals surface area contributed by atoms with Crippen molar-refractivity contribution < 1.29 is 17.6 Å². The van der Waals surface area contributed by atoms with Crippen LogP contribution in [0.4, 0.5) is 10.1 Å². The fraction of sp³-hybridized carbons (Fsp3) is 0.417. The summed E-state index contributed by atoms with van der Waals surface area (Å²) in [7, 11) is -3.49. The molecule has 8 heteroatoms. The largest absolute Gasteiger partial charge is 0.323 e. The number of sulfone groups is 1. The van der Waals surface area contributed by atoms with Crippen molar-refractivity contribution in [1.82, 2.24) is 0 Å². The van der Waals surface area contributed by atoms with Gasteiger partial charge < -0.3 is 5.32 Å². The van der Waals surface area contributed by atoms with Crippen molar-refractivity contribution in [3.05, 3.63) is 24.0 Å². The summed E-state index contributed by atoms with van der Waals surface area (Å²) < 4.78 is 35.3. The van der Waals surface area contributed by atoms with Crippen LogP contribution in [0.5, 0.6) is 0 Å². The summed E-state index contributed by atoms with van der Waals surface area (Å²) in [5, 5.41) is 2.33. The molecular weight excluding hydrogens is 328 g/mol. The van der Waals surface area contributed by atoms with E-state index in [0.717, 1.165) is 24.5 Å². The van der Waals surface area contributed by atoms with Crippen molar-refractivity contribution in [3.63, 3.8) is 0 Å². The molecule has 1 amide bonds. The van der Waals surface area contributed by atoms with Crippen molar-refractivity contribution in [3.8, 4) is 0 Å². The Morgan fingerprint density at radius 2 is 1.95 bits per heavy atom. The van der Waals surface area contributed by atoms with Gasteiger partial charge in [-0.1, -0.05) is 0 Å². The Labute approximate surface area is 126 Å². The number of hydrogen-bond donors (Lipinski definition) is 1. The van der Waals surface area contributed by atoms with E-state index in [1.54, 1.807) is 6.92 Å². The number of alkyl halides is 2. The van der Waals surface area contributed by atoms with Gasteiger partial charge in [0.1, 0.15) is 10.2 Å². The van der Waals surface area contributed by atoms with E-state index in [9.17, 15) is 17.6 Å². The summed E-state index contributed by atoms with van der Waals surface area (Å²) in [4.78, 5) is 11.9. The summed E-state index contributed by atoms with van der Waals surface area (Å²) in [6, 6.07) is 3.18. The molecule has 1 aromatic rings. The molecule has 1 atom stereocenters. The normalized spacial score (nSPS) is 24.2. The molecule has 1 aliphatic rings. The van der Waals surface area contributed by atoms with Gasteiger partial charge in [0, 0.05) is 6.26 Å². The lowest BCUT2D eigenvalue weighted by atomic mass is 10.1. The second kappa shape index (κ2) is 4.58. The molecule has 0 aliphatic heterocycles. The lowest BCUT2D eigenvalue weighted by molar-refractivity contribution is -0.120. The maximum atomic E-state index is 13.6. The molecule has 2 rings (SSSR count). The van der Waals surface area contributed by atoms with Gasteiger partial charge in [-0.3, -0.25) is 4.79 Å². The van der Waals surface area contributed by atoms with Gasteiger partial charge in [-0.05, 0) is 31.5 Å². The lowest BCUT2D eigenvalue weighted by Crippen LogP contribution is -2.26. The Kier molecular flexibility index (Phi) is 3.56. The Morgan fingerprint density at radius 1 is 1.40 bits per heavy atom. The number of halogens is 3. The molecule has 1 N–H and O–H groups in total. The van der Waals surface area contributed by atoms with E-state index in [0.29, 0.717) is 0 Å². The third kappa shape index (κ3) is 2.64. The van der Waals surface area contributed by atoms with E-state index in [2.05, 4.69) is 5.32 Å². The predicted octanol–water partition coefficient (Wildman–Crippen LogP) is 2.75. The zero-order valence-corrected chi connectivity index (χ0v) is 13.0. The summed E-state index contributed by atoms with van der Waals surface area (Å²) in [6.45, 7) is 1.56. The van der Waals surface area contributed by atoms with Crippen LogP contribution in [-0.2, 0) is 14.6 Å². The molecule has 1 aromatic carbocycles. The summed E-state index contributed by atoms with van der Waals surface area (Å²) >= 11 is 11.7. The number of anilines is 1. The monoisotopic (exact) mass is 339 g/mol. The van der Waals surface area contributed by atoms with E-state index < -0.39 is 31.3 Å². The molecule has 0 bridgehead atoms. The van der Waals surface area contributed by atoms with E-state index in [4.69, 9.17) is 23.2 Å². The zero-order chi connectivity index (χ0) is 15.3. The minimum atomic E-state index is -3.49. The number of nitrogens with one attached hydrogen (secondary N) is 1. The predicted molar refractivity (Wildman–Crippen MR) is 75.3 cm³/mol. The zero-order valence-electron chi connectivity index (χ0n) is 10.7. The molecule has 0 spiro atoms. The van der Waals surface area contributed by atoms with Crippen LogP contribution in [-0.4, -0.2) is 24.9 Å². The fourth-order valence-electron chi connectivity index (χ4n) is 1.74. The molecule has 110 valence electrons. The maximum Gasteiger partial charge on any atom is 0.233 e. The molecule has 4 nitrogen and oxygen atoms in total. The average Bonchev–Trinajstić information content (AvgIpc) is 2.81. The number of rotatable bonds is 3. The highest BCUT2D eigenvalue weighted by Crippen LogP contribution is 2.64. The van der Waals surface area contributed by atoms with Crippen molar-refractivity contribution in [2.45, 2.75) is 22.6 Å². The van der Waals surface area contributed by atoms with E-state index in [-0.39, 0.29) is 17.0 Å². The summed E-state index contributed by atoms with van der Waals surface area (Å²) in [5.41, 5.74) is -1.22. The Bertz CT molecular complexity index is 690. The fourth-order valence-corrected chi connectivity index (χ4v) is 3.09. The molecule has 1 aliphatic carbocycles. The van der Waals surface area contributed by atoms with Gasteiger partial charge in [0.25, 0.3) is 0 Å². The number of carbonyl (C=O) groups is 1. The average molecular weight is 340 g/mol. The van der Waals surface area contributed by atoms with Gasteiger partial charge >= 0.3 is 0 Å². The Morgan fingerprint density at radius 3 is 2.40 bits per heavy atom. The molecule has 20 heavy (non-hydrogen) atoms. The van der Waals surface area contributed by atoms with Crippen LogP contribution in [0.25, 0.3) is 0 Å². The van der Waals surface area contributed by atoms with Crippen molar-refractivity contribution in [1.29, 1.82) is 0 Å². The van der Waals surface area contributed by atoms with Gasteiger partial charge in [0.2, 0.25) is 5.91 Å². The van der Waals surface area contributed by atoms with Crippen molar-refractivity contribution >= 4 is 44.6 Å². The smallest absolute Gasteiger partial charge is 0.233 e. The minimum Gasteiger partial charge on any atom is -0.323 e. The maximum absolute atomic E-state index is 13.6. The van der Waals surface area contributed by atoms with Gasteiger partial charge in [-0.15, -0.1) is 23.2 Å². The second-order valence-corrected chi connectivity index (χ2v) is 8.58. The molecule has 1 saturated carbocycles. The number of hydrogen-bond acceptors (Lipinski definition) is 3. The van der Waals surface area contributed by atoms with E-state index in [1.165, 1.54) is 0 Å². The topological polar surface area (TPSA) is 63.2 Å². The summed E-state index contributed by atoms with van der Waals surface area (Å²) in [6.07, 6.45) is 1.25. The Hall–Kier alpha value is -0.850. The van der Waals surface area contributed by atoms with Crippen molar-refractivity contribution in [2.75, 3.05) is 11.6 Å². The van der Waals surface area contributed by atoms with Gasteiger partial charge in [-0.25, -0.2) is 12.8 Å². The molecule has 0 heterocycles. The van der Waals surface area contributed by atoms with E-state index in [1.807, 2.05) is 0 Å². The first kappa shape index (κ1) is 15.5. The summed E-state index contributed by atoms with van der Waals surface area (Å²) in [5.74, 6) is -1.28. The first-order chi connectivity index (χ1) is 8.97. The van der Waals surface area contributed by atoms with Crippen LogP contribution in [0.3, 0.4) is 0 Å². The third-order valence-corrected chi connectivity index (χ3v) is 5.58. The molecule has 0 saturated heterocycles. The standard InChI is InChI=1S/C12H12Cl2FNO3S/c1-11(6-12(11,13)14)10(17)16-9-5-7(20(2,18)19)3-4-8(9)15/h3-5H,6H2,1-2H3,(H,16,17). The van der Waals surface area contributed by atoms with Gasteiger partial charge in [0.05, 0.1) is 16.0 Å². The van der Waals surface area contributed by atoms with Gasteiger partial charge in [0.15, 0.2) is 9.84 Å². The Balaban J connectivity index is 2.29. The highest BCUT2D eigenvalue weighted by molar-refractivity contribution is 7.90. The second-order valence-electron chi connectivity index (χ2n) is 5.08. The van der Waals surface area contributed by atoms with Crippen LogP contribution in [0.2, 0.25) is 0 Å². The molecule has 0 radical (unpaired) electrons. The lowest BCUT2D eigenvalue weighted by Gasteiger charge is -2.13. The number of benzene rings is 1. The number of amides is 1. The van der Waals surface area contributed by atoms with Gasteiger partial charge in [-0.2, -0.15) is 0 Å². The van der Waals surface area contributed by atoms with Crippen molar-refractivity contribution in [2.24, 2.45) is 5.41 Å². The first-order valence-electron chi connectivity index (χ1n) is 5.66. The van der Waals surface area contributed by atoms with Crippen LogP contribution < -0.4 is 5.32 Å². The SMILES string of the molecule is CC1(C(=O)Nc2cc(S(C)(=O)=O)ccc2F)CC1(Cl)Cl. The van der Waals surface area contributed by atoms with Crippen LogP contribution in [0, 0.1) is 11.2 Å². The first-order valence-corrected chi connectivity index (χ1v) is 8.31. The van der Waals surface area contributed by atoms with Crippen LogP contribution in [0.15, 0.2) is 23.1 Å². The third-order valence-electron chi connectivity index (χ3n) is 3.37. The van der Waals surface area contributed by atoms with E-state index >= 15 is 0 Å². The highest BCUT2D eigenvalue weighted by atomic mass is 35.5.